The molecule has 496 valence electrons. The average Bonchev–Trinajstić information content (AvgIpc) is 1.58. The van der Waals surface area contributed by atoms with Gasteiger partial charge in [0.25, 0.3) is 0 Å². The number of H-pyrrole nitrogens is 2. The minimum atomic E-state index is -1.06. The number of aryl methyl sites for hydroxylation is 4. The van der Waals surface area contributed by atoms with Crippen LogP contribution in [0.3, 0.4) is 0 Å². The fourth-order valence-corrected chi connectivity index (χ4v) is 12.6. The molecule has 0 amide bonds. The van der Waals surface area contributed by atoms with Crippen LogP contribution in [0.5, 0.6) is 0 Å². The number of benzene rings is 4. The number of hydrogen-bond donors (Lipinski definition) is 2. The molecule has 4 aliphatic rings. The molecule has 0 atom stereocenters. The van der Waals surface area contributed by atoms with E-state index in [0.717, 1.165) is 100 Å². The van der Waals surface area contributed by atoms with Crippen LogP contribution in [0.4, 0.5) is 19.2 Å². The number of halogens is 8. The highest BCUT2D eigenvalue weighted by Crippen LogP contribution is 2.42. The lowest BCUT2D eigenvalue weighted by atomic mass is 9.94. The molecular weight excluding hydrogens is 1360 g/mol. The minimum Gasteiger partial charge on any atom is -0.443 e. The van der Waals surface area contributed by atoms with Crippen LogP contribution >= 0.6 is 92.8 Å². The molecule has 12 rings (SSSR count). The lowest BCUT2D eigenvalue weighted by Crippen LogP contribution is -2.29. The Labute approximate surface area is 577 Å². The van der Waals surface area contributed by atoms with Crippen LogP contribution in [0.15, 0.2) is 48.5 Å². The zero-order chi connectivity index (χ0) is 68.7. The lowest BCUT2D eigenvalue weighted by Gasteiger charge is -2.21. The van der Waals surface area contributed by atoms with Gasteiger partial charge in [0, 0.05) is 58.3 Å². The summed E-state index contributed by atoms with van der Waals surface area (Å²) in [6, 6.07) is 13.9. The summed E-state index contributed by atoms with van der Waals surface area (Å²) in [7, 11) is 0. The van der Waals surface area contributed by atoms with Gasteiger partial charge in [-0.15, -0.1) is 0 Å². The molecule has 17 nitrogen and oxygen atoms in total. The van der Waals surface area contributed by atoms with Gasteiger partial charge in [-0.25, -0.2) is 28.3 Å². The van der Waals surface area contributed by atoms with Gasteiger partial charge in [-0.05, 0) is 205 Å². The first-order valence-corrected chi connectivity index (χ1v) is 33.0. The standard InChI is InChI=1S/2C17H17Cl2NO3.2C12H9Cl2NO.C10H18O5/c1-17(2,3)23-16(22)20-13-8-12(19)11(18)7-10(13)9-5-4-6-14(21)15(9)20;1-17(2,3)23-16(22)20-11-8-7-10(18)14(19)13(11)9-5-4-6-12(21)15(9)20;13-8-4-7-6-2-1-3-11(16)12(6)15-10(7)5-9(8)14;13-7-4-5-8-10(11(7)14)6-2-1-3-9(16)12(6)15-8;1-9(2,3)14-7(11)13-8(12)15-10(4,5)6/h2*7-8H,4-6H2,1-3H3;2*4-5,15H,1-3H2;1-6H3. The SMILES string of the molecule is CC(C)(C)OC(=O)OC(=O)OC(C)(C)C.CC(C)(C)OC(=O)n1c2c(c3c(Cl)c(Cl)ccc31)CCCC2=O.CC(C)(C)OC(=O)n1c2c(c3cc(Cl)c(Cl)cc31)CCCC2=O.O=C1CCCc2c1[nH]c1cc(Cl)c(Cl)cc21.O=C1CCCc2c1[nH]c1ccc(Cl)c(Cl)c21. The quantitative estimate of drug-likeness (QED) is 0.0820. The van der Waals surface area contributed by atoms with Crippen LogP contribution < -0.4 is 0 Å². The molecule has 25 heteroatoms. The van der Waals surface area contributed by atoms with E-state index in [1.807, 2.05) is 12.1 Å². The molecule has 93 heavy (non-hydrogen) atoms. The Balaban J connectivity index is 0.000000151. The Morgan fingerprint density at radius 3 is 1.29 bits per heavy atom. The molecule has 0 aliphatic heterocycles. The number of rotatable bonds is 0. The second kappa shape index (κ2) is 28.6. The monoisotopic (exact) mass is 1430 g/mol. The summed E-state index contributed by atoms with van der Waals surface area (Å²) in [5.74, 6) is 0.232. The summed E-state index contributed by atoms with van der Waals surface area (Å²) < 4.78 is 27.4. The summed E-state index contributed by atoms with van der Waals surface area (Å²) in [6.45, 7) is 20.7. The summed E-state index contributed by atoms with van der Waals surface area (Å²) >= 11 is 48.8. The molecule has 8 aromatic rings. The second-order valence-corrected chi connectivity index (χ2v) is 29.7. The first kappa shape index (κ1) is 72.5. The Hall–Kier alpha value is -6.28. The molecule has 0 spiro atoms. The van der Waals surface area contributed by atoms with Gasteiger partial charge < -0.3 is 33.7 Å². The maximum absolute atomic E-state index is 12.7. The maximum atomic E-state index is 12.7. The van der Waals surface area contributed by atoms with Crippen molar-refractivity contribution in [1.82, 2.24) is 19.1 Å². The summed E-state index contributed by atoms with van der Waals surface area (Å²) in [5.41, 5.74) is 6.20. The number of aromatic nitrogens is 4. The number of nitrogens with one attached hydrogen (secondary N) is 2. The van der Waals surface area contributed by atoms with Gasteiger partial charge in [-0.1, -0.05) is 92.8 Å². The molecule has 4 aliphatic carbocycles. The van der Waals surface area contributed by atoms with E-state index in [0.29, 0.717) is 106 Å². The highest BCUT2D eigenvalue weighted by atomic mass is 35.5. The molecule has 0 saturated carbocycles. The van der Waals surface area contributed by atoms with Crippen molar-refractivity contribution in [2.75, 3.05) is 0 Å². The van der Waals surface area contributed by atoms with Crippen LogP contribution in [-0.4, -0.2) is 89.1 Å². The predicted molar refractivity (Wildman–Crippen MR) is 366 cm³/mol. The van der Waals surface area contributed by atoms with Crippen LogP contribution in [0.25, 0.3) is 43.6 Å². The molecule has 0 fully saturated rings. The van der Waals surface area contributed by atoms with Crippen molar-refractivity contribution in [3.63, 3.8) is 0 Å². The van der Waals surface area contributed by atoms with Crippen LogP contribution in [0, 0.1) is 0 Å². The summed E-state index contributed by atoms with van der Waals surface area (Å²) in [6.07, 6.45) is 5.36. The number of aromatic amines is 2. The molecule has 0 bridgehead atoms. The van der Waals surface area contributed by atoms with Gasteiger partial charge in [-0.2, -0.15) is 0 Å². The molecule has 0 radical (unpaired) electrons. The first-order valence-electron chi connectivity index (χ1n) is 30.0. The van der Waals surface area contributed by atoms with Crippen molar-refractivity contribution in [2.24, 2.45) is 0 Å². The van der Waals surface area contributed by atoms with E-state index in [1.165, 1.54) is 9.13 Å². The molecule has 0 saturated heterocycles. The van der Waals surface area contributed by atoms with Gasteiger partial charge in [-0.3, -0.25) is 19.2 Å². The minimum absolute atomic E-state index is 0.0550. The van der Waals surface area contributed by atoms with E-state index in [2.05, 4.69) is 14.7 Å². The molecular formula is C68H70Cl8N4O13. The van der Waals surface area contributed by atoms with Gasteiger partial charge in [0.05, 0.1) is 74.0 Å². The normalized spacial score (nSPS) is 14.6. The highest BCUT2D eigenvalue weighted by Gasteiger charge is 2.35. The van der Waals surface area contributed by atoms with Crippen molar-refractivity contribution < 1.29 is 62.0 Å². The fourth-order valence-electron chi connectivity index (χ4n) is 11.1. The zero-order valence-electron chi connectivity index (χ0n) is 53.3. The second-order valence-electron chi connectivity index (χ2n) is 26.5. The topological polar surface area (TPSA) is 224 Å². The largest absolute Gasteiger partial charge is 0.519 e. The number of carbonyl (C=O) groups is 8. The number of Topliss-reactive ketones (excluding diaryl/α,β-unsaturated/α-hetero) is 4. The zero-order valence-corrected chi connectivity index (χ0v) is 59.4. The van der Waals surface area contributed by atoms with Gasteiger partial charge in [0.15, 0.2) is 23.1 Å². The Kier molecular flexibility index (Phi) is 22.3. The van der Waals surface area contributed by atoms with Crippen molar-refractivity contribution >= 4 is 184 Å². The van der Waals surface area contributed by atoms with E-state index >= 15 is 0 Å². The molecule has 4 aromatic heterocycles. The molecule has 4 aromatic carbocycles. The number of hydrogen-bond acceptors (Lipinski definition) is 13. The van der Waals surface area contributed by atoms with Crippen LogP contribution in [0.1, 0.15) is 199 Å². The van der Waals surface area contributed by atoms with Crippen molar-refractivity contribution in [1.29, 1.82) is 0 Å². The van der Waals surface area contributed by atoms with E-state index < -0.39 is 46.9 Å². The molecule has 0 unspecified atom stereocenters. The molecule has 2 N–H and O–H groups in total. The number of ether oxygens (including phenoxy) is 5. The van der Waals surface area contributed by atoms with E-state index in [9.17, 15) is 38.4 Å². The number of carbonyl (C=O) groups excluding carboxylic acids is 8. The van der Waals surface area contributed by atoms with E-state index in [-0.39, 0.29) is 23.1 Å². The number of fused-ring (bicyclic) bond motifs is 12. The smallest absolute Gasteiger partial charge is 0.443 e. The first-order chi connectivity index (χ1) is 43.2. The van der Waals surface area contributed by atoms with E-state index in [4.69, 9.17) is 112 Å². The van der Waals surface area contributed by atoms with Crippen LogP contribution in [-0.2, 0) is 49.4 Å². The van der Waals surface area contributed by atoms with Gasteiger partial charge in [0.2, 0.25) is 0 Å². The highest BCUT2D eigenvalue weighted by molar-refractivity contribution is 6.47. The van der Waals surface area contributed by atoms with Gasteiger partial charge >= 0.3 is 24.5 Å². The van der Waals surface area contributed by atoms with Crippen molar-refractivity contribution in [3.05, 3.63) is 134 Å². The van der Waals surface area contributed by atoms with Crippen molar-refractivity contribution in [2.45, 2.75) is 183 Å². The third-order valence-corrected chi connectivity index (χ3v) is 17.7. The number of nitrogens with zero attached hydrogens (tertiary/aromatic N) is 2. The van der Waals surface area contributed by atoms with Gasteiger partial charge in [0.1, 0.15) is 22.4 Å². The predicted octanol–water partition coefficient (Wildman–Crippen LogP) is 21.4. The summed E-state index contributed by atoms with van der Waals surface area (Å²) in [5, 5.41) is 7.05. The Morgan fingerprint density at radius 1 is 0.387 bits per heavy atom. The lowest BCUT2D eigenvalue weighted by molar-refractivity contribution is -0.0295. The number of ketones is 4. The maximum Gasteiger partial charge on any atom is 0.519 e. The Bertz CT molecular complexity index is 4300. The van der Waals surface area contributed by atoms with Crippen molar-refractivity contribution in [3.8, 4) is 0 Å². The van der Waals surface area contributed by atoms with E-state index in [1.54, 1.807) is 119 Å². The van der Waals surface area contributed by atoms with Crippen LogP contribution in [0.2, 0.25) is 40.2 Å². The Morgan fingerprint density at radius 2 is 0.774 bits per heavy atom. The summed E-state index contributed by atoms with van der Waals surface area (Å²) in [4.78, 5) is 102. The third kappa shape index (κ3) is 17.0. The third-order valence-electron chi connectivity index (χ3n) is 14.7. The fraction of sp³-hybridized carbons (Fsp3) is 0.412. The molecule has 4 heterocycles. The average molecular weight is 1430 g/mol.